The van der Waals surface area contributed by atoms with Crippen LogP contribution in [-0.2, 0) is 6.54 Å². The predicted molar refractivity (Wildman–Crippen MR) is 99.1 cm³/mol. The van der Waals surface area contributed by atoms with E-state index in [1.807, 2.05) is 30.5 Å². The second-order valence-corrected chi connectivity index (χ2v) is 7.63. The Balaban J connectivity index is 1.64. The van der Waals surface area contributed by atoms with Crippen LogP contribution in [0.2, 0.25) is 0 Å². The monoisotopic (exact) mass is 371 g/mol. The van der Waals surface area contributed by atoms with Gasteiger partial charge in [-0.05, 0) is 48.7 Å². The van der Waals surface area contributed by atoms with Crippen molar-refractivity contribution in [3.05, 3.63) is 69.1 Å². The van der Waals surface area contributed by atoms with Gasteiger partial charge in [-0.3, -0.25) is 4.79 Å². The van der Waals surface area contributed by atoms with Crippen LogP contribution < -0.4 is 5.32 Å². The normalized spacial score (nSPS) is 11.1. The van der Waals surface area contributed by atoms with Crippen molar-refractivity contribution in [2.75, 3.05) is 0 Å². The Kier molecular flexibility index (Phi) is 4.10. The minimum Gasteiger partial charge on any atom is -0.346 e. The van der Waals surface area contributed by atoms with Gasteiger partial charge in [0.1, 0.15) is 10.6 Å². The first-order valence-electron chi connectivity index (χ1n) is 7.67. The summed E-state index contributed by atoms with van der Waals surface area (Å²) in [7, 11) is 0. The van der Waals surface area contributed by atoms with Gasteiger partial charge in [0.05, 0.1) is 22.8 Å². The fraction of sp³-hybridized carbons (Fsp3) is 0.111. The summed E-state index contributed by atoms with van der Waals surface area (Å²) in [5, 5.41) is 10.4. The summed E-state index contributed by atoms with van der Waals surface area (Å²) in [6, 6.07) is 12.0. The fourth-order valence-electron chi connectivity index (χ4n) is 2.58. The quantitative estimate of drug-likeness (QED) is 0.573. The molecule has 0 atom stereocenters. The highest BCUT2D eigenvalue weighted by Gasteiger charge is 2.17. The van der Waals surface area contributed by atoms with Crippen LogP contribution in [-0.4, -0.2) is 15.7 Å². The molecule has 0 unspecified atom stereocenters. The number of carbonyl (C=O) groups is 1. The van der Waals surface area contributed by atoms with E-state index in [0.29, 0.717) is 11.4 Å². The summed E-state index contributed by atoms with van der Waals surface area (Å²) in [6.45, 7) is 2.43. The lowest BCUT2D eigenvalue weighted by Gasteiger charge is -2.02. The number of nitrogens with one attached hydrogen (secondary N) is 1. The zero-order valence-electron chi connectivity index (χ0n) is 13.3. The van der Waals surface area contributed by atoms with Crippen molar-refractivity contribution in [1.29, 1.82) is 0 Å². The first-order chi connectivity index (χ1) is 12.1. The minimum atomic E-state index is -0.288. The second-order valence-electron chi connectivity index (χ2n) is 5.57. The Bertz CT molecular complexity index is 1030. The van der Waals surface area contributed by atoms with Gasteiger partial charge in [-0.2, -0.15) is 5.10 Å². The number of benzene rings is 1. The largest absolute Gasteiger partial charge is 0.346 e. The molecule has 0 saturated heterocycles. The minimum absolute atomic E-state index is 0.0975. The molecule has 0 saturated carbocycles. The number of nitrogens with zero attached hydrogens (tertiary/aromatic N) is 2. The zero-order chi connectivity index (χ0) is 17.4. The third kappa shape index (κ3) is 3.08. The van der Waals surface area contributed by atoms with Gasteiger partial charge >= 0.3 is 0 Å². The lowest BCUT2D eigenvalue weighted by molar-refractivity contribution is 0.0955. The van der Waals surface area contributed by atoms with Crippen LogP contribution in [0.15, 0.2) is 47.8 Å². The molecular formula is C18H14FN3OS2. The second kappa shape index (κ2) is 6.42. The lowest BCUT2D eigenvalue weighted by atomic mass is 10.3. The van der Waals surface area contributed by atoms with Crippen molar-refractivity contribution in [2.24, 2.45) is 0 Å². The average molecular weight is 371 g/mol. The Morgan fingerprint density at radius 1 is 1.28 bits per heavy atom. The fourth-order valence-corrected chi connectivity index (χ4v) is 4.33. The first-order valence-corrected chi connectivity index (χ1v) is 9.37. The molecule has 0 bridgehead atoms. The Morgan fingerprint density at radius 2 is 2.08 bits per heavy atom. The molecule has 3 aromatic heterocycles. The molecule has 1 amide bonds. The molecule has 4 nitrogen and oxygen atoms in total. The maximum atomic E-state index is 13.2. The number of amides is 1. The summed E-state index contributed by atoms with van der Waals surface area (Å²) in [6.07, 6.45) is 0. The number of carbonyl (C=O) groups excluding carboxylic acids is 1. The highest BCUT2D eigenvalue weighted by atomic mass is 32.1. The number of fused-ring (bicyclic) bond motifs is 1. The number of thiophene rings is 2. The van der Waals surface area contributed by atoms with E-state index in [2.05, 4.69) is 10.4 Å². The molecule has 0 aliphatic carbocycles. The van der Waals surface area contributed by atoms with Crippen molar-refractivity contribution in [3.63, 3.8) is 0 Å². The van der Waals surface area contributed by atoms with Crippen molar-refractivity contribution in [1.82, 2.24) is 15.1 Å². The molecule has 0 aliphatic rings. The van der Waals surface area contributed by atoms with Crippen molar-refractivity contribution in [3.8, 4) is 5.69 Å². The lowest BCUT2D eigenvalue weighted by Crippen LogP contribution is -2.21. The van der Waals surface area contributed by atoms with Gasteiger partial charge in [0.2, 0.25) is 0 Å². The number of aryl methyl sites for hydroxylation is 1. The summed E-state index contributed by atoms with van der Waals surface area (Å²) in [5.74, 6) is -0.386. The van der Waals surface area contributed by atoms with Crippen molar-refractivity contribution < 1.29 is 9.18 Å². The molecule has 7 heteroatoms. The predicted octanol–water partition coefficient (Wildman–Crippen LogP) is 4.53. The van der Waals surface area contributed by atoms with Gasteiger partial charge in [-0.15, -0.1) is 22.7 Å². The molecule has 1 aromatic carbocycles. The molecule has 1 N–H and O–H groups in total. The average Bonchev–Trinajstić information content (AvgIpc) is 3.32. The molecule has 3 heterocycles. The van der Waals surface area contributed by atoms with Gasteiger partial charge in [0, 0.05) is 10.3 Å². The van der Waals surface area contributed by atoms with Gasteiger partial charge in [0.15, 0.2) is 0 Å². The zero-order valence-corrected chi connectivity index (χ0v) is 15.0. The van der Waals surface area contributed by atoms with E-state index in [-0.39, 0.29) is 11.7 Å². The number of aromatic nitrogens is 2. The molecule has 4 rings (SSSR count). The van der Waals surface area contributed by atoms with Crippen molar-refractivity contribution in [2.45, 2.75) is 13.5 Å². The Labute approximate surface area is 151 Å². The Morgan fingerprint density at radius 3 is 2.80 bits per heavy atom. The van der Waals surface area contributed by atoms with Crippen LogP contribution in [0.1, 0.15) is 20.2 Å². The highest BCUT2D eigenvalue weighted by molar-refractivity contribution is 7.20. The van der Waals surface area contributed by atoms with Gasteiger partial charge < -0.3 is 5.32 Å². The van der Waals surface area contributed by atoms with Crippen LogP contribution in [0.25, 0.3) is 15.9 Å². The van der Waals surface area contributed by atoms with E-state index in [0.717, 1.165) is 26.5 Å². The van der Waals surface area contributed by atoms with Crippen LogP contribution in [0, 0.1) is 12.7 Å². The van der Waals surface area contributed by atoms with E-state index in [1.165, 1.54) is 23.5 Å². The van der Waals surface area contributed by atoms with Crippen LogP contribution in [0.3, 0.4) is 0 Å². The van der Waals surface area contributed by atoms with E-state index in [1.54, 1.807) is 28.2 Å². The van der Waals surface area contributed by atoms with E-state index < -0.39 is 0 Å². The molecule has 126 valence electrons. The topological polar surface area (TPSA) is 46.9 Å². The maximum absolute atomic E-state index is 13.2. The summed E-state index contributed by atoms with van der Waals surface area (Å²) < 4.78 is 14.9. The van der Waals surface area contributed by atoms with Crippen LogP contribution in [0.5, 0.6) is 0 Å². The molecule has 0 spiro atoms. The maximum Gasteiger partial charge on any atom is 0.261 e. The van der Waals surface area contributed by atoms with Gasteiger partial charge in [-0.25, -0.2) is 9.07 Å². The highest BCUT2D eigenvalue weighted by Crippen LogP contribution is 2.30. The van der Waals surface area contributed by atoms with Gasteiger partial charge in [0.25, 0.3) is 5.91 Å². The number of rotatable bonds is 4. The smallest absolute Gasteiger partial charge is 0.261 e. The molecule has 0 radical (unpaired) electrons. The SMILES string of the molecule is Cc1nn(-c2ccc(F)cc2)c2sc(C(=O)NCc3cccs3)cc12. The first kappa shape index (κ1) is 16.0. The molecule has 0 aliphatic heterocycles. The summed E-state index contributed by atoms with van der Waals surface area (Å²) in [5.41, 5.74) is 1.61. The summed E-state index contributed by atoms with van der Waals surface area (Å²) in [4.78, 5) is 15.1. The molecule has 0 fully saturated rings. The van der Waals surface area contributed by atoms with E-state index in [9.17, 15) is 9.18 Å². The molecule has 4 aromatic rings. The number of halogens is 1. The standard InChI is InChI=1S/C18H14FN3OS2/c1-11-15-9-16(17(23)20-10-14-3-2-8-24-14)25-18(15)22(21-11)13-6-4-12(19)5-7-13/h2-9H,10H2,1H3,(H,20,23). The summed E-state index contributed by atoms with van der Waals surface area (Å²) >= 11 is 3.00. The van der Waals surface area contributed by atoms with Crippen LogP contribution in [0.4, 0.5) is 4.39 Å². The number of hydrogen-bond donors (Lipinski definition) is 1. The van der Waals surface area contributed by atoms with E-state index >= 15 is 0 Å². The third-order valence-electron chi connectivity index (χ3n) is 3.84. The molecule has 25 heavy (non-hydrogen) atoms. The van der Waals surface area contributed by atoms with Crippen molar-refractivity contribution >= 4 is 38.8 Å². The number of hydrogen-bond acceptors (Lipinski definition) is 4. The van der Waals surface area contributed by atoms with Gasteiger partial charge in [-0.1, -0.05) is 6.07 Å². The third-order valence-corrected chi connectivity index (χ3v) is 5.83. The van der Waals surface area contributed by atoms with Crippen LogP contribution >= 0.6 is 22.7 Å². The molecular weight excluding hydrogens is 357 g/mol. The van der Waals surface area contributed by atoms with E-state index in [4.69, 9.17) is 0 Å². The Hall–Kier alpha value is -2.51.